The molecule has 0 spiro atoms. The van der Waals surface area contributed by atoms with Gasteiger partial charge in [-0.05, 0) is 36.6 Å². The van der Waals surface area contributed by atoms with Crippen LogP contribution in [0.1, 0.15) is 12.0 Å². The van der Waals surface area contributed by atoms with Crippen LogP contribution in [-0.2, 0) is 16.3 Å². The number of sulfone groups is 1. The molecule has 3 aromatic rings. The van der Waals surface area contributed by atoms with Gasteiger partial charge in [0.05, 0.1) is 9.79 Å². The van der Waals surface area contributed by atoms with Gasteiger partial charge in [0.1, 0.15) is 0 Å². The maximum Gasteiger partial charge on any atom is 0.208 e. The summed E-state index contributed by atoms with van der Waals surface area (Å²) in [5.74, 6) is 0.557. The van der Waals surface area contributed by atoms with E-state index in [2.05, 4.69) is 4.98 Å². The van der Waals surface area contributed by atoms with Gasteiger partial charge >= 0.3 is 0 Å². The van der Waals surface area contributed by atoms with Crippen molar-refractivity contribution in [1.82, 2.24) is 4.98 Å². The van der Waals surface area contributed by atoms with Crippen LogP contribution >= 0.6 is 11.6 Å². The maximum atomic E-state index is 12.9. The average molecular weight is 334 g/mol. The molecule has 0 unspecified atom stereocenters. The van der Waals surface area contributed by atoms with Crippen LogP contribution in [0.2, 0.25) is 0 Å². The van der Waals surface area contributed by atoms with E-state index in [0.29, 0.717) is 15.7 Å². The third kappa shape index (κ3) is 2.64. The van der Waals surface area contributed by atoms with Crippen molar-refractivity contribution in [3.05, 3.63) is 60.3 Å². The van der Waals surface area contributed by atoms with Gasteiger partial charge in [-0.15, -0.1) is 11.6 Å². The van der Waals surface area contributed by atoms with Crippen LogP contribution in [0.15, 0.2) is 64.5 Å². The number of alkyl halides is 1. The first-order valence-electron chi connectivity index (χ1n) is 7.09. The van der Waals surface area contributed by atoms with Crippen LogP contribution in [0, 0.1) is 0 Å². The molecule has 0 saturated heterocycles. The molecular formula is C17H16ClNO2S. The molecule has 0 atom stereocenters. The highest BCUT2D eigenvalue weighted by molar-refractivity contribution is 7.91. The predicted octanol–water partition coefficient (Wildman–Crippen LogP) is 4.17. The Morgan fingerprint density at radius 2 is 1.77 bits per heavy atom. The summed E-state index contributed by atoms with van der Waals surface area (Å²) in [5, 5.41) is 0.775. The lowest BCUT2D eigenvalue weighted by atomic mass is 10.1. The number of rotatable bonds is 5. The van der Waals surface area contributed by atoms with Crippen LogP contribution in [0.4, 0.5) is 0 Å². The fourth-order valence-electron chi connectivity index (χ4n) is 2.63. The molecule has 0 aliphatic heterocycles. The first-order chi connectivity index (χ1) is 10.6. The number of hydrogen-bond acceptors (Lipinski definition) is 2. The molecule has 1 N–H and O–H groups in total. The van der Waals surface area contributed by atoms with E-state index in [1.807, 2.05) is 18.2 Å². The third-order valence-corrected chi connectivity index (χ3v) is 5.74. The third-order valence-electron chi connectivity index (χ3n) is 3.68. The minimum Gasteiger partial charge on any atom is -0.360 e. The summed E-state index contributed by atoms with van der Waals surface area (Å²) in [7, 11) is -3.53. The Morgan fingerprint density at radius 3 is 2.50 bits per heavy atom. The Balaban J connectivity index is 2.19. The zero-order valence-corrected chi connectivity index (χ0v) is 13.5. The van der Waals surface area contributed by atoms with Crippen LogP contribution in [-0.4, -0.2) is 19.3 Å². The smallest absolute Gasteiger partial charge is 0.208 e. The van der Waals surface area contributed by atoms with Crippen LogP contribution in [0.3, 0.4) is 0 Å². The van der Waals surface area contributed by atoms with Crippen molar-refractivity contribution in [2.24, 2.45) is 0 Å². The average Bonchev–Trinajstić information content (AvgIpc) is 2.99. The number of aromatic amines is 1. The van der Waals surface area contributed by atoms with Crippen molar-refractivity contribution in [3.8, 4) is 0 Å². The van der Waals surface area contributed by atoms with Crippen LogP contribution < -0.4 is 0 Å². The second kappa shape index (κ2) is 6.15. The second-order valence-corrected chi connectivity index (χ2v) is 7.40. The SMILES string of the molecule is O=S(=O)(c1ccccc1)c1c[nH]c2cccc(CCCCl)c12. The molecule has 1 heterocycles. The van der Waals surface area contributed by atoms with Gasteiger partial charge in [0, 0.05) is 23.0 Å². The van der Waals surface area contributed by atoms with Crippen LogP contribution in [0.5, 0.6) is 0 Å². The van der Waals surface area contributed by atoms with E-state index >= 15 is 0 Å². The Kier molecular flexibility index (Phi) is 4.23. The Hall–Kier alpha value is -1.78. The molecule has 5 heteroatoms. The van der Waals surface area contributed by atoms with Gasteiger partial charge in [0.2, 0.25) is 9.84 Å². The summed E-state index contributed by atoms with van der Waals surface area (Å²) in [5.41, 5.74) is 1.84. The number of aromatic nitrogens is 1. The van der Waals surface area contributed by atoms with E-state index in [1.54, 1.807) is 36.5 Å². The first kappa shape index (κ1) is 15.1. The summed E-state index contributed by atoms with van der Waals surface area (Å²) < 4.78 is 25.8. The summed E-state index contributed by atoms with van der Waals surface area (Å²) in [6.07, 6.45) is 3.16. The normalized spacial score (nSPS) is 11.9. The van der Waals surface area contributed by atoms with E-state index in [-0.39, 0.29) is 0 Å². The Bertz CT molecular complexity index is 885. The second-order valence-electron chi connectivity index (χ2n) is 5.10. The van der Waals surface area contributed by atoms with E-state index in [1.165, 1.54) is 0 Å². The molecule has 0 aliphatic carbocycles. The minimum absolute atomic E-state index is 0.308. The fourth-order valence-corrected chi connectivity index (χ4v) is 4.26. The molecule has 0 aliphatic rings. The minimum atomic E-state index is -3.53. The van der Waals surface area contributed by atoms with Gasteiger partial charge in [-0.3, -0.25) is 0 Å². The highest BCUT2D eigenvalue weighted by atomic mass is 35.5. The van der Waals surface area contributed by atoms with Crippen molar-refractivity contribution < 1.29 is 8.42 Å². The van der Waals surface area contributed by atoms with Gasteiger partial charge in [-0.25, -0.2) is 8.42 Å². The van der Waals surface area contributed by atoms with Gasteiger partial charge < -0.3 is 4.98 Å². The fraction of sp³-hybridized carbons (Fsp3) is 0.176. The molecule has 1 aromatic heterocycles. The van der Waals surface area contributed by atoms with Crippen LogP contribution in [0.25, 0.3) is 10.9 Å². The largest absolute Gasteiger partial charge is 0.360 e. The summed E-state index contributed by atoms with van der Waals surface area (Å²) in [6.45, 7) is 0. The molecular weight excluding hydrogens is 318 g/mol. The predicted molar refractivity (Wildman–Crippen MR) is 89.2 cm³/mol. The quantitative estimate of drug-likeness (QED) is 0.712. The van der Waals surface area contributed by atoms with Gasteiger partial charge in [0.25, 0.3) is 0 Å². The van der Waals surface area contributed by atoms with Gasteiger partial charge in [0.15, 0.2) is 0 Å². The molecule has 2 aromatic carbocycles. The number of aryl methyl sites for hydroxylation is 1. The summed E-state index contributed by atoms with van der Waals surface area (Å²) in [4.78, 5) is 3.71. The van der Waals surface area contributed by atoms with Gasteiger partial charge in [-0.1, -0.05) is 30.3 Å². The van der Waals surface area contributed by atoms with Crippen molar-refractivity contribution in [2.45, 2.75) is 22.6 Å². The topological polar surface area (TPSA) is 49.9 Å². The van der Waals surface area contributed by atoms with E-state index < -0.39 is 9.84 Å². The summed E-state index contributed by atoms with van der Waals surface area (Å²) >= 11 is 5.78. The molecule has 0 fully saturated rings. The lowest BCUT2D eigenvalue weighted by Crippen LogP contribution is -2.02. The highest BCUT2D eigenvalue weighted by Crippen LogP contribution is 2.31. The zero-order chi connectivity index (χ0) is 15.6. The van der Waals surface area contributed by atoms with Gasteiger partial charge in [-0.2, -0.15) is 0 Å². The lowest BCUT2D eigenvalue weighted by molar-refractivity contribution is 0.597. The number of fused-ring (bicyclic) bond motifs is 1. The van der Waals surface area contributed by atoms with E-state index in [4.69, 9.17) is 11.6 Å². The number of hydrogen-bond donors (Lipinski definition) is 1. The molecule has 3 rings (SSSR count). The van der Waals surface area contributed by atoms with Crippen molar-refractivity contribution in [1.29, 1.82) is 0 Å². The maximum absolute atomic E-state index is 12.9. The zero-order valence-electron chi connectivity index (χ0n) is 11.9. The molecule has 3 nitrogen and oxygen atoms in total. The monoisotopic (exact) mass is 333 g/mol. The van der Waals surface area contributed by atoms with E-state index in [9.17, 15) is 8.42 Å². The molecule has 0 radical (unpaired) electrons. The molecule has 0 bridgehead atoms. The number of nitrogens with one attached hydrogen (secondary N) is 1. The Morgan fingerprint density at radius 1 is 1.00 bits per heavy atom. The number of halogens is 1. The molecule has 22 heavy (non-hydrogen) atoms. The summed E-state index contributed by atoms with van der Waals surface area (Å²) in [6, 6.07) is 14.3. The standard InChI is InChI=1S/C17H16ClNO2S/c18-11-5-7-13-6-4-10-15-17(13)16(12-19-15)22(20,21)14-8-2-1-3-9-14/h1-4,6,8-10,12,19H,5,7,11H2. The van der Waals surface area contributed by atoms with Crippen molar-refractivity contribution in [2.75, 3.05) is 5.88 Å². The molecule has 114 valence electrons. The van der Waals surface area contributed by atoms with Crippen molar-refractivity contribution >= 4 is 32.3 Å². The number of H-pyrrole nitrogens is 1. The highest BCUT2D eigenvalue weighted by Gasteiger charge is 2.22. The van der Waals surface area contributed by atoms with E-state index in [0.717, 1.165) is 29.3 Å². The lowest BCUT2D eigenvalue weighted by Gasteiger charge is -2.07. The Labute approximate surface area is 134 Å². The molecule has 0 amide bonds. The van der Waals surface area contributed by atoms with Crippen molar-refractivity contribution in [3.63, 3.8) is 0 Å². The molecule has 0 saturated carbocycles. The number of benzene rings is 2. The first-order valence-corrected chi connectivity index (χ1v) is 9.11.